The molecule has 25 heavy (non-hydrogen) atoms. The number of hydrogen-bond acceptors (Lipinski definition) is 5. The first-order chi connectivity index (χ1) is 11.9. The number of benzene rings is 1. The molecule has 0 aliphatic carbocycles. The van der Waals surface area contributed by atoms with Gasteiger partial charge in [-0.3, -0.25) is 4.79 Å². The number of nitrogens with zero attached hydrogens (tertiary/aromatic N) is 3. The zero-order valence-electron chi connectivity index (χ0n) is 14.2. The van der Waals surface area contributed by atoms with Gasteiger partial charge in [0.15, 0.2) is 5.17 Å². The fourth-order valence-electron chi connectivity index (χ4n) is 2.59. The highest BCUT2D eigenvalue weighted by Gasteiger charge is 2.36. The number of halogens is 1. The van der Waals surface area contributed by atoms with Crippen LogP contribution in [0.3, 0.4) is 0 Å². The molecule has 1 fully saturated rings. The smallest absolute Gasteiger partial charge is 0.283 e. The zero-order chi connectivity index (χ0) is 18.0. The molecule has 1 aliphatic heterocycles. The van der Waals surface area contributed by atoms with Gasteiger partial charge in [-0.05, 0) is 32.0 Å². The molecule has 1 aliphatic rings. The fourth-order valence-corrected chi connectivity index (χ4v) is 4.42. The minimum Gasteiger partial charge on any atom is -0.496 e. The SMILES string of the molecule is COc1ccc(Cl)cc1C(=O)/N=C1\SC(C)(C)CN1Cc1cscn1. The van der Waals surface area contributed by atoms with Crippen LogP contribution < -0.4 is 4.74 Å². The van der Waals surface area contributed by atoms with Crippen molar-refractivity contribution in [3.63, 3.8) is 0 Å². The number of aliphatic imine (C=N–C) groups is 1. The maximum atomic E-state index is 12.7. The summed E-state index contributed by atoms with van der Waals surface area (Å²) in [6.07, 6.45) is 0. The van der Waals surface area contributed by atoms with Crippen molar-refractivity contribution in [3.8, 4) is 5.75 Å². The summed E-state index contributed by atoms with van der Waals surface area (Å²) >= 11 is 9.18. The molecule has 0 radical (unpaired) electrons. The second-order valence-electron chi connectivity index (χ2n) is 6.24. The van der Waals surface area contributed by atoms with Crippen LogP contribution >= 0.6 is 34.7 Å². The molecule has 0 atom stereocenters. The summed E-state index contributed by atoms with van der Waals surface area (Å²) in [6.45, 7) is 5.71. The van der Waals surface area contributed by atoms with E-state index in [1.54, 1.807) is 41.3 Å². The first kappa shape index (κ1) is 18.2. The Hall–Kier alpha value is -1.57. The molecule has 1 aromatic carbocycles. The molecule has 1 amide bonds. The van der Waals surface area contributed by atoms with Gasteiger partial charge in [0.25, 0.3) is 5.91 Å². The van der Waals surface area contributed by atoms with Gasteiger partial charge in [-0.25, -0.2) is 4.98 Å². The Labute approximate surface area is 160 Å². The number of amidine groups is 1. The maximum absolute atomic E-state index is 12.7. The number of rotatable bonds is 4. The van der Waals surface area contributed by atoms with Crippen LogP contribution in [-0.2, 0) is 6.54 Å². The summed E-state index contributed by atoms with van der Waals surface area (Å²) in [4.78, 5) is 23.5. The third kappa shape index (κ3) is 4.34. The monoisotopic (exact) mass is 395 g/mol. The number of thiazole rings is 1. The van der Waals surface area contributed by atoms with Gasteiger partial charge in [0.2, 0.25) is 0 Å². The summed E-state index contributed by atoms with van der Waals surface area (Å²) < 4.78 is 5.24. The molecular weight excluding hydrogens is 378 g/mol. The number of carbonyl (C=O) groups is 1. The van der Waals surface area contributed by atoms with E-state index in [4.69, 9.17) is 16.3 Å². The van der Waals surface area contributed by atoms with Crippen LogP contribution in [0.4, 0.5) is 0 Å². The van der Waals surface area contributed by atoms with Gasteiger partial charge in [0.1, 0.15) is 5.75 Å². The Kier molecular flexibility index (Phi) is 5.36. The van der Waals surface area contributed by atoms with Crippen molar-refractivity contribution in [1.29, 1.82) is 0 Å². The van der Waals surface area contributed by atoms with Crippen molar-refractivity contribution < 1.29 is 9.53 Å². The third-order valence-corrected chi connectivity index (χ3v) is 5.72. The van der Waals surface area contributed by atoms with Gasteiger partial charge < -0.3 is 9.64 Å². The first-order valence-electron chi connectivity index (χ1n) is 7.65. The second kappa shape index (κ2) is 7.35. The zero-order valence-corrected chi connectivity index (χ0v) is 16.5. The third-order valence-electron chi connectivity index (χ3n) is 3.64. The van der Waals surface area contributed by atoms with Crippen molar-refractivity contribution in [2.24, 2.45) is 4.99 Å². The fraction of sp³-hybridized carbons (Fsp3) is 0.353. The number of carbonyl (C=O) groups excluding carboxylic acids is 1. The highest BCUT2D eigenvalue weighted by atomic mass is 35.5. The van der Waals surface area contributed by atoms with Crippen LogP contribution in [0.2, 0.25) is 5.02 Å². The Morgan fingerprint density at radius 3 is 2.96 bits per heavy atom. The lowest BCUT2D eigenvalue weighted by atomic mass is 10.2. The topological polar surface area (TPSA) is 54.8 Å². The van der Waals surface area contributed by atoms with Gasteiger partial charge >= 0.3 is 0 Å². The molecule has 1 saturated heterocycles. The number of methoxy groups -OCH3 is 1. The van der Waals surface area contributed by atoms with Crippen LogP contribution in [0.25, 0.3) is 0 Å². The molecule has 1 aromatic heterocycles. The molecule has 132 valence electrons. The molecular formula is C17H18ClN3O2S2. The number of amides is 1. The summed E-state index contributed by atoms with van der Waals surface area (Å²) in [6, 6.07) is 4.95. The van der Waals surface area contributed by atoms with E-state index in [9.17, 15) is 4.79 Å². The predicted molar refractivity (Wildman–Crippen MR) is 104 cm³/mol. The molecule has 2 aromatic rings. The van der Waals surface area contributed by atoms with Crippen LogP contribution in [0.5, 0.6) is 5.75 Å². The quantitative estimate of drug-likeness (QED) is 0.771. The Morgan fingerprint density at radius 1 is 1.48 bits per heavy atom. The molecule has 3 rings (SSSR count). The van der Waals surface area contributed by atoms with E-state index < -0.39 is 0 Å². The van der Waals surface area contributed by atoms with Gasteiger partial charge in [0, 0.05) is 21.7 Å². The van der Waals surface area contributed by atoms with E-state index in [-0.39, 0.29) is 10.7 Å². The maximum Gasteiger partial charge on any atom is 0.283 e. The molecule has 0 bridgehead atoms. The van der Waals surface area contributed by atoms with Gasteiger partial charge in [-0.1, -0.05) is 23.4 Å². The van der Waals surface area contributed by atoms with E-state index in [1.807, 2.05) is 10.9 Å². The lowest BCUT2D eigenvalue weighted by Gasteiger charge is -2.18. The van der Waals surface area contributed by atoms with Gasteiger partial charge in [-0.15, -0.1) is 11.3 Å². The number of thioether (sulfide) groups is 1. The van der Waals surface area contributed by atoms with Crippen LogP contribution in [0.1, 0.15) is 29.9 Å². The van der Waals surface area contributed by atoms with E-state index >= 15 is 0 Å². The standard InChI is InChI=1S/C17H18ClN3O2S2/c1-17(2)9-21(7-12-8-24-10-19-12)16(25-17)20-15(22)13-6-11(18)4-5-14(13)23-3/h4-6,8,10H,7,9H2,1-3H3/b20-16-. The normalized spacial score (nSPS) is 17.9. The van der Waals surface area contributed by atoms with Crippen LogP contribution in [-0.4, -0.2) is 39.4 Å². The van der Waals surface area contributed by atoms with E-state index in [1.165, 1.54) is 7.11 Å². The number of ether oxygens (including phenoxy) is 1. The molecule has 8 heteroatoms. The van der Waals surface area contributed by atoms with Crippen molar-refractivity contribution in [2.75, 3.05) is 13.7 Å². The highest BCUT2D eigenvalue weighted by Crippen LogP contribution is 2.37. The molecule has 0 saturated carbocycles. The molecule has 0 unspecified atom stereocenters. The highest BCUT2D eigenvalue weighted by molar-refractivity contribution is 8.15. The summed E-state index contributed by atoms with van der Waals surface area (Å²) in [5.41, 5.74) is 3.15. The van der Waals surface area contributed by atoms with Gasteiger partial charge in [0.05, 0.1) is 30.4 Å². The first-order valence-corrected chi connectivity index (χ1v) is 9.79. The Morgan fingerprint density at radius 2 is 2.28 bits per heavy atom. The van der Waals surface area contributed by atoms with E-state index in [0.717, 1.165) is 12.2 Å². The lowest BCUT2D eigenvalue weighted by molar-refractivity contribution is 0.0998. The average molecular weight is 396 g/mol. The van der Waals surface area contributed by atoms with Crippen molar-refractivity contribution in [2.45, 2.75) is 25.1 Å². The molecule has 2 heterocycles. The summed E-state index contributed by atoms with van der Waals surface area (Å²) in [5, 5.41) is 3.18. The Balaban J connectivity index is 1.89. The van der Waals surface area contributed by atoms with Crippen molar-refractivity contribution >= 4 is 45.8 Å². The van der Waals surface area contributed by atoms with Gasteiger partial charge in [-0.2, -0.15) is 4.99 Å². The van der Waals surface area contributed by atoms with Crippen molar-refractivity contribution in [1.82, 2.24) is 9.88 Å². The predicted octanol–water partition coefficient (Wildman–Crippen LogP) is 4.33. The van der Waals surface area contributed by atoms with Crippen molar-refractivity contribution in [3.05, 3.63) is 45.4 Å². The lowest BCUT2D eigenvalue weighted by Crippen LogP contribution is -2.28. The average Bonchev–Trinajstić information content (AvgIpc) is 3.15. The number of hydrogen-bond donors (Lipinski definition) is 0. The second-order valence-corrected chi connectivity index (χ2v) is 9.07. The summed E-state index contributed by atoms with van der Waals surface area (Å²) in [7, 11) is 1.52. The molecule has 0 spiro atoms. The van der Waals surface area contributed by atoms with E-state index in [2.05, 4.69) is 28.7 Å². The van der Waals surface area contributed by atoms with Crippen LogP contribution in [0, 0.1) is 0 Å². The minimum absolute atomic E-state index is 0.0203. The molecule has 0 N–H and O–H groups in total. The van der Waals surface area contributed by atoms with E-state index in [0.29, 0.717) is 28.0 Å². The van der Waals surface area contributed by atoms with Crippen LogP contribution in [0.15, 0.2) is 34.1 Å². The number of aromatic nitrogens is 1. The Bertz CT molecular complexity index is 806. The minimum atomic E-state index is -0.358. The largest absolute Gasteiger partial charge is 0.496 e. The molecule has 5 nitrogen and oxygen atoms in total. The summed E-state index contributed by atoms with van der Waals surface area (Å²) in [5.74, 6) is 0.106.